The van der Waals surface area contributed by atoms with Crippen LogP contribution < -0.4 is 0 Å². The molecule has 0 amide bonds. The fourth-order valence-corrected chi connectivity index (χ4v) is 1.01. The molecule has 4 atom stereocenters. The molecule has 0 radical (unpaired) electrons. The Labute approximate surface area is 64.5 Å². The van der Waals surface area contributed by atoms with E-state index in [2.05, 4.69) is 0 Å². The number of hydrogen-bond donors (Lipinski definition) is 2. The Balaban J connectivity index is 2.53. The van der Waals surface area contributed by atoms with Gasteiger partial charge in [-0.25, -0.2) is 0 Å². The molecular weight excluding hydrogens is 152 g/mol. The molecule has 0 bridgehead atoms. The van der Waals surface area contributed by atoms with Gasteiger partial charge >= 0.3 is 0 Å². The van der Waals surface area contributed by atoms with Crippen molar-refractivity contribution in [2.45, 2.75) is 24.8 Å². The zero-order valence-corrected chi connectivity index (χ0v) is 6.43. The van der Waals surface area contributed by atoms with Crippen molar-refractivity contribution >= 4 is 0 Å². The summed E-state index contributed by atoms with van der Waals surface area (Å²) < 4.78 is 14.4. The van der Waals surface area contributed by atoms with Crippen molar-refractivity contribution in [2.75, 3.05) is 14.2 Å². The lowest BCUT2D eigenvalue weighted by molar-refractivity contribution is -0.205. The predicted octanol–water partition coefficient (Wildman–Crippen LogP) is -1.32. The van der Waals surface area contributed by atoms with Gasteiger partial charge in [-0.1, -0.05) is 0 Å². The van der Waals surface area contributed by atoms with Crippen molar-refractivity contribution in [3.63, 3.8) is 0 Å². The first-order valence-corrected chi connectivity index (χ1v) is 3.28. The van der Waals surface area contributed by atoms with Gasteiger partial charge in [0.05, 0.1) is 0 Å². The summed E-state index contributed by atoms with van der Waals surface area (Å²) in [5.74, 6) is 0. The van der Waals surface area contributed by atoms with E-state index in [4.69, 9.17) is 14.2 Å². The molecule has 0 aromatic carbocycles. The van der Waals surface area contributed by atoms with Crippen LogP contribution in [-0.4, -0.2) is 49.2 Å². The van der Waals surface area contributed by atoms with E-state index in [1.807, 2.05) is 0 Å². The maximum absolute atomic E-state index is 9.18. The van der Waals surface area contributed by atoms with E-state index in [-0.39, 0.29) is 0 Å². The van der Waals surface area contributed by atoms with Gasteiger partial charge in [0, 0.05) is 14.2 Å². The Hall–Kier alpha value is -0.200. The van der Waals surface area contributed by atoms with Crippen molar-refractivity contribution in [1.29, 1.82) is 0 Å². The highest BCUT2D eigenvalue weighted by Crippen LogP contribution is 2.21. The Morgan fingerprint density at radius 1 is 1.00 bits per heavy atom. The molecule has 0 aromatic heterocycles. The summed E-state index contributed by atoms with van der Waals surface area (Å²) in [6.07, 6.45) is -3.67. The summed E-state index contributed by atoms with van der Waals surface area (Å²) in [4.78, 5) is 0. The highest BCUT2D eigenvalue weighted by molar-refractivity contribution is 4.81. The summed E-state index contributed by atoms with van der Waals surface area (Å²) in [6.45, 7) is 0. The summed E-state index contributed by atoms with van der Waals surface area (Å²) >= 11 is 0. The van der Waals surface area contributed by atoms with Crippen LogP contribution >= 0.6 is 0 Å². The maximum Gasteiger partial charge on any atom is 0.189 e. The normalized spacial score (nSPS) is 44.7. The summed E-state index contributed by atoms with van der Waals surface area (Å²) in [6, 6.07) is 0. The van der Waals surface area contributed by atoms with E-state index < -0.39 is 24.8 Å². The molecule has 1 fully saturated rings. The lowest BCUT2D eigenvalue weighted by atomic mass is 10.2. The monoisotopic (exact) mass is 164 g/mol. The van der Waals surface area contributed by atoms with E-state index in [1.54, 1.807) is 0 Å². The van der Waals surface area contributed by atoms with E-state index in [0.29, 0.717) is 0 Å². The summed E-state index contributed by atoms with van der Waals surface area (Å²) in [5.41, 5.74) is 0. The highest BCUT2D eigenvalue weighted by atomic mass is 16.8. The minimum atomic E-state index is -1.04. The summed E-state index contributed by atoms with van der Waals surface area (Å²) in [5, 5.41) is 18.4. The SMILES string of the molecule is CO[C@@H]1O[C@H](OC)[C@H](O)[C@H]1O. The van der Waals surface area contributed by atoms with E-state index in [1.165, 1.54) is 14.2 Å². The van der Waals surface area contributed by atoms with Crippen molar-refractivity contribution in [3.05, 3.63) is 0 Å². The molecule has 5 heteroatoms. The van der Waals surface area contributed by atoms with Crippen LogP contribution in [0, 0.1) is 0 Å². The third-order valence-corrected chi connectivity index (χ3v) is 1.64. The lowest BCUT2D eigenvalue weighted by Crippen LogP contribution is -2.33. The Morgan fingerprint density at radius 3 is 1.55 bits per heavy atom. The van der Waals surface area contributed by atoms with E-state index in [9.17, 15) is 10.2 Å². The van der Waals surface area contributed by atoms with Gasteiger partial charge < -0.3 is 24.4 Å². The van der Waals surface area contributed by atoms with Crippen LogP contribution in [0.3, 0.4) is 0 Å². The number of hydrogen-bond acceptors (Lipinski definition) is 5. The average Bonchev–Trinajstić information content (AvgIpc) is 2.30. The van der Waals surface area contributed by atoms with Crippen LogP contribution in [0.1, 0.15) is 0 Å². The van der Waals surface area contributed by atoms with Gasteiger partial charge in [-0.2, -0.15) is 0 Å². The standard InChI is InChI=1S/C6H12O5/c1-9-5-3(7)4(8)6(10-2)11-5/h3-8H,1-2H3/t3-,4-,5-,6+/m1/s1. The van der Waals surface area contributed by atoms with E-state index in [0.717, 1.165) is 0 Å². The average molecular weight is 164 g/mol. The maximum atomic E-state index is 9.18. The zero-order chi connectivity index (χ0) is 8.43. The number of aliphatic hydroxyl groups excluding tert-OH is 2. The Morgan fingerprint density at radius 2 is 1.36 bits per heavy atom. The first-order chi connectivity index (χ1) is 5.20. The first kappa shape index (κ1) is 8.89. The van der Waals surface area contributed by atoms with Gasteiger partial charge in [0.25, 0.3) is 0 Å². The smallest absolute Gasteiger partial charge is 0.189 e. The lowest BCUT2D eigenvalue weighted by Gasteiger charge is -2.10. The van der Waals surface area contributed by atoms with Gasteiger partial charge in [-0.15, -0.1) is 0 Å². The third-order valence-electron chi connectivity index (χ3n) is 1.64. The Kier molecular flexibility index (Phi) is 2.80. The highest BCUT2D eigenvalue weighted by Gasteiger charge is 2.43. The minimum Gasteiger partial charge on any atom is -0.385 e. The number of aliphatic hydroxyl groups is 2. The van der Waals surface area contributed by atoms with Crippen molar-refractivity contribution in [1.82, 2.24) is 0 Å². The molecule has 1 heterocycles. The van der Waals surface area contributed by atoms with Crippen molar-refractivity contribution < 1.29 is 24.4 Å². The second-order valence-corrected chi connectivity index (χ2v) is 2.33. The molecule has 2 N–H and O–H groups in total. The zero-order valence-electron chi connectivity index (χ0n) is 6.43. The van der Waals surface area contributed by atoms with Crippen molar-refractivity contribution in [3.8, 4) is 0 Å². The van der Waals surface area contributed by atoms with Gasteiger partial charge in [0.15, 0.2) is 12.6 Å². The van der Waals surface area contributed by atoms with Crippen LogP contribution in [0.15, 0.2) is 0 Å². The molecule has 66 valence electrons. The summed E-state index contributed by atoms with van der Waals surface area (Å²) in [7, 11) is 2.78. The Bertz CT molecular complexity index is 110. The molecule has 11 heavy (non-hydrogen) atoms. The number of methoxy groups -OCH3 is 2. The van der Waals surface area contributed by atoms with Crippen LogP contribution in [-0.2, 0) is 14.2 Å². The minimum absolute atomic E-state index is 0.796. The fraction of sp³-hybridized carbons (Fsp3) is 1.00. The molecule has 0 saturated carbocycles. The molecule has 1 aliphatic heterocycles. The molecule has 1 aliphatic rings. The van der Waals surface area contributed by atoms with Crippen LogP contribution in [0.4, 0.5) is 0 Å². The van der Waals surface area contributed by atoms with Gasteiger partial charge in [0.1, 0.15) is 12.2 Å². The van der Waals surface area contributed by atoms with Crippen LogP contribution in [0.5, 0.6) is 0 Å². The molecule has 0 spiro atoms. The quantitative estimate of drug-likeness (QED) is 0.530. The molecule has 0 aromatic rings. The number of ether oxygens (including phenoxy) is 3. The van der Waals surface area contributed by atoms with Gasteiger partial charge in [-0.3, -0.25) is 0 Å². The van der Waals surface area contributed by atoms with Gasteiger partial charge in [0.2, 0.25) is 0 Å². The van der Waals surface area contributed by atoms with Crippen molar-refractivity contribution in [2.24, 2.45) is 0 Å². The second-order valence-electron chi connectivity index (χ2n) is 2.33. The topological polar surface area (TPSA) is 68.2 Å². The molecule has 0 aliphatic carbocycles. The third kappa shape index (κ3) is 1.52. The van der Waals surface area contributed by atoms with Gasteiger partial charge in [-0.05, 0) is 0 Å². The van der Waals surface area contributed by atoms with Crippen LogP contribution in [0.25, 0.3) is 0 Å². The molecular formula is C6H12O5. The van der Waals surface area contributed by atoms with Crippen LogP contribution in [0.2, 0.25) is 0 Å². The fourth-order valence-electron chi connectivity index (χ4n) is 1.01. The molecule has 0 unspecified atom stereocenters. The first-order valence-electron chi connectivity index (χ1n) is 3.28. The molecule has 5 nitrogen and oxygen atoms in total. The largest absolute Gasteiger partial charge is 0.385 e. The van der Waals surface area contributed by atoms with E-state index >= 15 is 0 Å². The molecule has 1 saturated heterocycles. The number of rotatable bonds is 2. The second kappa shape index (κ2) is 3.46. The molecule has 1 rings (SSSR count). The predicted molar refractivity (Wildman–Crippen MR) is 34.7 cm³/mol.